The molecule has 0 N–H and O–H groups in total. The predicted molar refractivity (Wildman–Crippen MR) is 153 cm³/mol. The van der Waals surface area contributed by atoms with Crippen LogP contribution in [0.4, 0.5) is 0 Å². The van der Waals surface area contributed by atoms with Crippen molar-refractivity contribution in [3.8, 4) is 17.5 Å². The van der Waals surface area contributed by atoms with Crippen LogP contribution in [0, 0.1) is 18.8 Å². The van der Waals surface area contributed by atoms with Crippen molar-refractivity contribution >= 4 is 34.0 Å². The Balaban J connectivity index is 1.45. The Morgan fingerprint density at radius 1 is 0.789 bits per heavy atom. The molecule has 6 aromatic rings. The van der Waals surface area contributed by atoms with Crippen molar-refractivity contribution < 1.29 is 0 Å². The molecular formula is C33H22N4O. The Morgan fingerprint density at radius 2 is 1.66 bits per heavy atom. The van der Waals surface area contributed by atoms with Gasteiger partial charge in [0.2, 0.25) is 0 Å². The summed E-state index contributed by atoms with van der Waals surface area (Å²) < 4.78 is 1.68. The number of hydrogen-bond acceptors (Lipinski definition) is 4. The van der Waals surface area contributed by atoms with Crippen molar-refractivity contribution in [2.75, 3.05) is 0 Å². The molecule has 180 valence electrons. The highest BCUT2D eigenvalue weighted by Gasteiger charge is 2.13. The van der Waals surface area contributed by atoms with Gasteiger partial charge in [0.05, 0.1) is 22.1 Å². The molecule has 0 bridgehead atoms. The molecule has 0 amide bonds. The van der Waals surface area contributed by atoms with E-state index >= 15 is 0 Å². The number of hydrogen-bond donors (Lipinski definition) is 0. The van der Waals surface area contributed by atoms with Gasteiger partial charge in [-0.05, 0) is 84.8 Å². The van der Waals surface area contributed by atoms with Gasteiger partial charge < -0.3 is 0 Å². The van der Waals surface area contributed by atoms with Gasteiger partial charge in [0.25, 0.3) is 5.56 Å². The van der Waals surface area contributed by atoms with Gasteiger partial charge in [-0.2, -0.15) is 0 Å². The molecule has 0 aliphatic carbocycles. The van der Waals surface area contributed by atoms with Gasteiger partial charge in [-0.15, -0.1) is 0 Å². The zero-order chi connectivity index (χ0) is 25.9. The first-order valence-electron chi connectivity index (χ1n) is 12.2. The number of nitrogens with zero attached hydrogens (tertiary/aromatic N) is 4. The van der Waals surface area contributed by atoms with E-state index < -0.39 is 0 Å². The molecule has 5 nitrogen and oxygen atoms in total. The molecule has 0 spiro atoms. The van der Waals surface area contributed by atoms with Crippen LogP contribution in [0.25, 0.3) is 39.6 Å². The first-order valence-corrected chi connectivity index (χ1v) is 12.2. The molecule has 0 saturated heterocycles. The van der Waals surface area contributed by atoms with Crippen molar-refractivity contribution in [1.29, 1.82) is 0 Å². The Morgan fingerprint density at radius 3 is 2.53 bits per heavy atom. The highest BCUT2D eigenvalue weighted by Crippen LogP contribution is 2.20. The lowest BCUT2D eigenvalue weighted by molar-refractivity contribution is 0.934. The molecule has 3 heterocycles. The van der Waals surface area contributed by atoms with Crippen molar-refractivity contribution in [2.24, 2.45) is 0 Å². The van der Waals surface area contributed by atoms with Gasteiger partial charge >= 0.3 is 0 Å². The monoisotopic (exact) mass is 490 g/mol. The normalized spacial score (nSPS) is 11.1. The summed E-state index contributed by atoms with van der Waals surface area (Å²) in [6.45, 7) is 1.98. The van der Waals surface area contributed by atoms with E-state index in [2.05, 4.69) is 27.9 Å². The Bertz CT molecular complexity index is 1960. The quantitative estimate of drug-likeness (QED) is 0.277. The Labute approximate surface area is 219 Å². The number of rotatable bonds is 3. The summed E-state index contributed by atoms with van der Waals surface area (Å²) in [4.78, 5) is 27.1. The minimum atomic E-state index is -0.116. The van der Waals surface area contributed by atoms with Gasteiger partial charge in [0.15, 0.2) is 0 Å². The smallest absolute Gasteiger partial charge is 0.266 e. The summed E-state index contributed by atoms with van der Waals surface area (Å²) in [6, 6.07) is 27.1. The van der Waals surface area contributed by atoms with Crippen LogP contribution in [-0.2, 0) is 0 Å². The molecule has 0 atom stereocenters. The molecular weight excluding hydrogens is 468 g/mol. The SMILES string of the molecule is Cc1cc(C#Cc2cccnc2)ccc1-n1c(/C=C/c2ccc3ncccc3c2)nc2ccccc2c1=O. The van der Waals surface area contributed by atoms with E-state index in [0.29, 0.717) is 16.7 Å². The number of aryl methyl sites for hydroxylation is 1. The highest BCUT2D eigenvalue weighted by molar-refractivity contribution is 5.84. The maximum absolute atomic E-state index is 13.7. The minimum Gasteiger partial charge on any atom is -0.268 e. The molecule has 0 radical (unpaired) electrons. The van der Waals surface area contributed by atoms with Crippen molar-refractivity contribution in [1.82, 2.24) is 19.5 Å². The first kappa shape index (κ1) is 23.1. The van der Waals surface area contributed by atoms with Crippen LogP contribution >= 0.6 is 0 Å². The lowest BCUT2D eigenvalue weighted by atomic mass is 10.1. The van der Waals surface area contributed by atoms with E-state index in [9.17, 15) is 4.79 Å². The number of pyridine rings is 2. The zero-order valence-electron chi connectivity index (χ0n) is 20.7. The molecule has 5 heteroatoms. The van der Waals surface area contributed by atoms with Crippen LogP contribution < -0.4 is 5.56 Å². The number of benzene rings is 3. The summed E-state index contributed by atoms with van der Waals surface area (Å²) in [5, 5.41) is 1.62. The van der Waals surface area contributed by atoms with Crippen LogP contribution in [0.5, 0.6) is 0 Å². The molecule has 0 unspecified atom stereocenters. The zero-order valence-corrected chi connectivity index (χ0v) is 20.7. The lowest BCUT2D eigenvalue weighted by Gasteiger charge is -2.14. The van der Waals surface area contributed by atoms with E-state index in [1.54, 1.807) is 23.2 Å². The van der Waals surface area contributed by atoms with E-state index in [1.165, 1.54) is 0 Å². The fourth-order valence-corrected chi connectivity index (χ4v) is 4.43. The lowest BCUT2D eigenvalue weighted by Crippen LogP contribution is -2.23. The van der Waals surface area contributed by atoms with Gasteiger partial charge in [0.1, 0.15) is 5.82 Å². The Hall–Kier alpha value is -5.34. The predicted octanol–water partition coefficient (Wildman–Crippen LogP) is 6.21. The van der Waals surface area contributed by atoms with E-state index in [1.807, 2.05) is 97.9 Å². The van der Waals surface area contributed by atoms with E-state index in [0.717, 1.165) is 38.8 Å². The van der Waals surface area contributed by atoms with Gasteiger partial charge in [-0.3, -0.25) is 19.3 Å². The largest absolute Gasteiger partial charge is 0.268 e. The summed E-state index contributed by atoms with van der Waals surface area (Å²) in [5.74, 6) is 6.88. The maximum atomic E-state index is 13.7. The van der Waals surface area contributed by atoms with Crippen LogP contribution in [-0.4, -0.2) is 19.5 Å². The van der Waals surface area contributed by atoms with Crippen molar-refractivity contribution in [3.05, 3.63) is 142 Å². The maximum Gasteiger partial charge on any atom is 0.266 e. The molecule has 0 aliphatic rings. The third-order valence-electron chi connectivity index (χ3n) is 6.30. The molecule has 38 heavy (non-hydrogen) atoms. The van der Waals surface area contributed by atoms with Crippen molar-refractivity contribution in [2.45, 2.75) is 6.92 Å². The summed E-state index contributed by atoms with van der Waals surface area (Å²) >= 11 is 0. The standard InChI is InChI=1S/C33H22N4O/c1-23-20-24(10-11-26-6-4-18-34-22-26)13-16-31(23)37-32(36-30-9-3-2-8-28(30)33(37)38)17-14-25-12-15-29-27(21-25)7-5-19-35-29/h2-9,12-22H,1H3/b17-14+. The van der Waals surface area contributed by atoms with Crippen LogP contribution in [0.15, 0.2) is 108 Å². The second kappa shape index (κ2) is 9.96. The summed E-state index contributed by atoms with van der Waals surface area (Å²) in [6.07, 6.45) is 9.11. The third-order valence-corrected chi connectivity index (χ3v) is 6.30. The molecule has 0 aliphatic heterocycles. The van der Waals surface area contributed by atoms with Gasteiger partial charge in [-0.1, -0.05) is 42.2 Å². The summed E-state index contributed by atoms with van der Waals surface area (Å²) in [7, 11) is 0. The highest BCUT2D eigenvalue weighted by atomic mass is 16.1. The van der Waals surface area contributed by atoms with Crippen LogP contribution in [0.2, 0.25) is 0 Å². The topological polar surface area (TPSA) is 60.7 Å². The van der Waals surface area contributed by atoms with E-state index in [-0.39, 0.29) is 5.56 Å². The molecule has 0 fully saturated rings. The minimum absolute atomic E-state index is 0.116. The third kappa shape index (κ3) is 4.59. The average Bonchev–Trinajstić information content (AvgIpc) is 2.96. The van der Waals surface area contributed by atoms with Crippen LogP contribution in [0.3, 0.4) is 0 Å². The first-order chi connectivity index (χ1) is 18.7. The van der Waals surface area contributed by atoms with Gasteiger partial charge in [0, 0.05) is 35.1 Å². The number of fused-ring (bicyclic) bond motifs is 2. The number of aromatic nitrogens is 4. The van der Waals surface area contributed by atoms with Crippen LogP contribution in [0.1, 0.15) is 28.1 Å². The van der Waals surface area contributed by atoms with Gasteiger partial charge in [-0.25, -0.2) is 4.98 Å². The molecule has 3 aromatic carbocycles. The molecule has 6 rings (SSSR count). The molecule has 3 aromatic heterocycles. The number of para-hydroxylation sites is 1. The summed E-state index contributed by atoms with van der Waals surface area (Å²) in [5.41, 5.74) is 5.88. The average molecular weight is 491 g/mol. The van der Waals surface area contributed by atoms with Crippen molar-refractivity contribution in [3.63, 3.8) is 0 Å². The Kier molecular flexibility index (Phi) is 6.05. The fourth-order valence-electron chi connectivity index (χ4n) is 4.43. The second-order valence-electron chi connectivity index (χ2n) is 8.91. The fraction of sp³-hybridized carbons (Fsp3) is 0.0303. The molecule has 0 saturated carbocycles. The van der Waals surface area contributed by atoms with E-state index in [4.69, 9.17) is 4.98 Å². The second-order valence-corrected chi connectivity index (χ2v) is 8.91.